The number of rotatable bonds is 10. The molecular weight excluding hydrogens is 414 g/mol. The average Bonchev–Trinajstić information content (AvgIpc) is 2.81. The third kappa shape index (κ3) is 6.23. The quantitative estimate of drug-likeness (QED) is 0.460. The molecule has 2 N–H and O–H groups in total. The van der Waals surface area contributed by atoms with Gasteiger partial charge in [0.15, 0.2) is 0 Å². The van der Waals surface area contributed by atoms with E-state index >= 15 is 0 Å². The summed E-state index contributed by atoms with van der Waals surface area (Å²) < 4.78 is 6.17. The van der Waals surface area contributed by atoms with Gasteiger partial charge in [-0.05, 0) is 54.9 Å². The minimum absolute atomic E-state index is 0.0555. The zero-order chi connectivity index (χ0) is 23.8. The number of ether oxygens (including phenoxy) is 1. The van der Waals surface area contributed by atoms with Crippen molar-refractivity contribution in [2.45, 2.75) is 83.3 Å². The lowest BCUT2D eigenvalue weighted by molar-refractivity contribution is -0.191. The van der Waals surface area contributed by atoms with Crippen molar-refractivity contribution >= 4 is 17.6 Å². The molecule has 3 rings (SSSR count). The van der Waals surface area contributed by atoms with Crippen LogP contribution in [-0.2, 0) is 20.7 Å². The minimum Gasteiger partial charge on any atom is -0.459 e. The average molecular weight is 452 g/mol. The van der Waals surface area contributed by atoms with E-state index in [0.717, 1.165) is 24.8 Å². The molecular formula is C28H37NO4. The van der Waals surface area contributed by atoms with Crippen LogP contribution in [0.2, 0.25) is 0 Å². The van der Waals surface area contributed by atoms with Crippen LogP contribution in [0.4, 0.5) is 5.69 Å². The number of nitrogens with one attached hydrogen (secondary N) is 1. The molecule has 1 aliphatic rings. The second kappa shape index (κ2) is 11.5. The van der Waals surface area contributed by atoms with Gasteiger partial charge >= 0.3 is 5.97 Å². The number of hydrogen-bond acceptors (Lipinski definition) is 4. The van der Waals surface area contributed by atoms with Gasteiger partial charge in [0.05, 0.1) is 12.0 Å². The van der Waals surface area contributed by atoms with Gasteiger partial charge < -0.3 is 15.2 Å². The highest BCUT2D eigenvalue weighted by Crippen LogP contribution is 2.43. The Morgan fingerprint density at radius 2 is 1.88 bits per heavy atom. The van der Waals surface area contributed by atoms with Gasteiger partial charge in [-0.15, -0.1) is 0 Å². The standard InChI is InChI=1S/C28H37NO4/c1-4-16-28(17-15-20-11-8-7-9-12-20)19-24(30)26(27(32)33-28)23(5-2)21-13-10-14-22(18-21)29-25(31)6-3/h7-14,18,23-24,26,30H,4-6,15-17,19H2,1-3H3,(H,29,31)/t23-,24?,26?,28-/m1/s1. The number of cyclic esters (lactones) is 1. The van der Waals surface area contributed by atoms with Gasteiger partial charge in [-0.3, -0.25) is 9.59 Å². The molecule has 0 spiro atoms. The minimum atomic E-state index is -0.771. The van der Waals surface area contributed by atoms with E-state index < -0.39 is 17.6 Å². The summed E-state index contributed by atoms with van der Waals surface area (Å²) in [5.41, 5.74) is 2.21. The molecule has 0 radical (unpaired) electrons. The number of aryl methyl sites for hydroxylation is 1. The lowest BCUT2D eigenvalue weighted by atomic mass is 9.73. The highest BCUT2D eigenvalue weighted by atomic mass is 16.6. The summed E-state index contributed by atoms with van der Waals surface area (Å²) in [6.45, 7) is 5.91. The predicted octanol–water partition coefficient (Wildman–Crippen LogP) is 5.62. The lowest BCUT2D eigenvalue weighted by Gasteiger charge is -2.44. The number of esters is 1. The van der Waals surface area contributed by atoms with E-state index in [1.54, 1.807) is 0 Å². The molecule has 1 saturated heterocycles. The first-order chi connectivity index (χ1) is 15.9. The van der Waals surface area contributed by atoms with E-state index in [1.807, 2.05) is 56.3 Å². The van der Waals surface area contributed by atoms with E-state index in [-0.39, 0.29) is 17.8 Å². The number of aliphatic hydroxyl groups is 1. The van der Waals surface area contributed by atoms with E-state index in [1.165, 1.54) is 5.56 Å². The maximum Gasteiger partial charge on any atom is 0.312 e. The number of carbonyl (C=O) groups is 2. The van der Waals surface area contributed by atoms with Crippen molar-refractivity contribution in [2.24, 2.45) is 5.92 Å². The Morgan fingerprint density at radius 3 is 2.52 bits per heavy atom. The van der Waals surface area contributed by atoms with Crippen LogP contribution in [-0.4, -0.2) is 28.7 Å². The molecule has 5 nitrogen and oxygen atoms in total. The Morgan fingerprint density at radius 1 is 1.12 bits per heavy atom. The van der Waals surface area contributed by atoms with Crippen molar-refractivity contribution in [3.05, 3.63) is 65.7 Å². The summed E-state index contributed by atoms with van der Waals surface area (Å²) >= 11 is 0. The van der Waals surface area contributed by atoms with Gasteiger partial charge in [-0.2, -0.15) is 0 Å². The Labute approximate surface area is 197 Å². The fourth-order valence-electron chi connectivity index (χ4n) is 5.12. The van der Waals surface area contributed by atoms with Crippen LogP contribution in [0.25, 0.3) is 0 Å². The molecule has 1 amide bonds. The fourth-order valence-corrected chi connectivity index (χ4v) is 5.12. The Balaban J connectivity index is 1.78. The highest BCUT2D eigenvalue weighted by molar-refractivity contribution is 5.90. The van der Waals surface area contributed by atoms with Crippen LogP contribution < -0.4 is 5.32 Å². The van der Waals surface area contributed by atoms with Gasteiger partial charge in [0.2, 0.25) is 5.91 Å². The number of amides is 1. The molecule has 2 aromatic rings. The molecule has 33 heavy (non-hydrogen) atoms. The van der Waals surface area contributed by atoms with Gasteiger partial charge in [0.1, 0.15) is 5.60 Å². The summed E-state index contributed by atoms with van der Waals surface area (Å²) in [6.07, 6.45) is 3.91. The van der Waals surface area contributed by atoms with Crippen LogP contribution >= 0.6 is 0 Å². The fraction of sp³-hybridized carbons (Fsp3) is 0.500. The molecule has 0 aliphatic carbocycles. The SMILES string of the molecule is CCC[C@@]1(CCc2ccccc2)CC(O)C([C@H](CC)c2cccc(NC(=O)CC)c2)C(=O)O1. The molecule has 178 valence electrons. The summed E-state index contributed by atoms with van der Waals surface area (Å²) in [7, 11) is 0. The second-order valence-corrected chi connectivity index (χ2v) is 9.18. The van der Waals surface area contributed by atoms with Crippen LogP contribution in [0.3, 0.4) is 0 Å². The zero-order valence-electron chi connectivity index (χ0n) is 20.0. The van der Waals surface area contributed by atoms with Crippen molar-refractivity contribution < 1.29 is 19.4 Å². The molecule has 0 bridgehead atoms. The van der Waals surface area contributed by atoms with Crippen molar-refractivity contribution in [3.8, 4) is 0 Å². The first-order valence-electron chi connectivity index (χ1n) is 12.3. The molecule has 5 heteroatoms. The van der Waals surface area contributed by atoms with Crippen LogP contribution in [0, 0.1) is 5.92 Å². The van der Waals surface area contributed by atoms with Crippen LogP contribution in [0.15, 0.2) is 54.6 Å². The Kier molecular flexibility index (Phi) is 8.67. The summed E-state index contributed by atoms with van der Waals surface area (Å²) in [5, 5.41) is 14.1. The molecule has 1 fully saturated rings. The van der Waals surface area contributed by atoms with Gasteiger partial charge in [0, 0.05) is 18.5 Å². The number of aliphatic hydroxyl groups excluding tert-OH is 1. The lowest BCUT2D eigenvalue weighted by Crippen LogP contribution is -2.51. The third-order valence-electron chi connectivity index (χ3n) is 6.80. The number of anilines is 1. The second-order valence-electron chi connectivity index (χ2n) is 9.18. The molecule has 2 unspecified atom stereocenters. The molecule has 2 aromatic carbocycles. The van der Waals surface area contributed by atoms with Crippen LogP contribution in [0.1, 0.15) is 76.3 Å². The van der Waals surface area contributed by atoms with E-state index in [9.17, 15) is 14.7 Å². The third-order valence-corrected chi connectivity index (χ3v) is 6.80. The van der Waals surface area contributed by atoms with Gasteiger partial charge in [-0.1, -0.05) is 69.7 Å². The number of benzene rings is 2. The smallest absolute Gasteiger partial charge is 0.312 e. The van der Waals surface area contributed by atoms with Crippen LogP contribution in [0.5, 0.6) is 0 Å². The van der Waals surface area contributed by atoms with Crippen molar-refractivity contribution in [2.75, 3.05) is 5.32 Å². The Hall–Kier alpha value is -2.66. The summed E-state index contributed by atoms with van der Waals surface area (Å²) in [4.78, 5) is 25.1. The van der Waals surface area contributed by atoms with Crippen molar-refractivity contribution in [3.63, 3.8) is 0 Å². The summed E-state index contributed by atoms with van der Waals surface area (Å²) in [6, 6.07) is 17.8. The van der Waals surface area contributed by atoms with Crippen molar-refractivity contribution in [1.82, 2.24) is 0 Å². The van der Waals surface area contributed by atoms with E-state index in [2.05, 4.69) is 24.4 Å². The largest absolute Gasteiger partial charge is 0.459 e. The van der Waals surface area contributed by atoms with Gasteiger partial charge in [-0.25, -0.2) is 0 Å². The van der Waals surface area contributed by atoms with E-state index in [0.29, 0.717) is 31.4 Å². The first kappa shape index (κ1) is 25.0. The zero-order valence-corrected chi connectivity index (χ0v) is 20.0. The topological polar surface area (TPSA) is 75.6 Å². The maximum absolute atomic E-state index is 13.3. The van der Waals surface area contributed by atoms with Crippen molar-refractivity contribution in [1.29, 1.82) is 0 Å². The molecule has 0 saturated carbocycles. The normalized spacial score (nSPS) is 23.6. The molecule has 4 atom stereocenters. The molecule has 1 aliphatic heterocycles. The predicted molar refractivity (Wildman–Crippen MR) is 131 cm³/mol. The maximum atomic E-state index is 13.3. The Bertz CT molecular complexity index is 929. The number of hydrogen-bond donors (Lipinski definition) is 2. The first-order valence-corrected chi connectivity index (χ1v) is 12.3. The molecule has 1 heterocycles. The highest BCUT2D eigenvalue weighted by Gasteiger charge is 2.48. The monoisotopic (exact) mass is 451 g/mol. The van der Waals surface area contributed by atoms with Gasteiger partial charge in [0.25, 0.3) is 0 Å². The molecule has 0 aromatic heterocycles. The number of carbonyl (C=O) groups excluding carboxylic acids is 2. The van der Waals surface area contributed by atoms with E-state index in [4.69, 9.17) is 4.74 Å². The summed E-state index contributed by atoms with van der Waals surface area (Å²) in [5.74, 6) is -1.17.